The highest BCUT2D eigenvalue weighted by atomic mass is 32.2. The lowest BCUT2D eigenvalue weighted by atomic mass is 9.78. The van der Waals surface area contributed by atoms with E-state index in [1.807, 2.05) is 11.8 Å². The molecule has 0 aliphatic heterocycles. The van der Waals surface area contributed by atoms with E-state index in [4.69, 9.17) is 0 Å². The van der Waals surface area contributed by atoms with E-state index in [0.717, 1.165) is 11.8 Å². The predicted molar refractivity (Wildman–Crippen MR) is 71.6 cm³/mol. The van der Waals surface area contributed by atoms with Crippen molar-refractivity contribution < 1.29 is 0 Å². The van der Waals surface area contributed by atoms with Crippen LogP contribution in [0.3, 0.4) is 0 Å². The molecule has 1 saturated carbocycles. The van der Waals surface area contributed by atoms with Crippen LogP contribution in [0.1, 0.15) is 46.0 Å². The molecule has 1 aliphatic carbocycles. The summed E-state index contributed by atoms with van der Waals surface area (Å²) in [5, 5.41) is 3.61. The fourth-order valence-electron chi connectivity index (χ4n) is 2.59. The molecular formula is C13H27NS. The monoisotopic (exact) mass is 229 g/mol. The first kappa shape index (κ1) is 13.4. The van der Waals surface area contributed by atoms with Gasteiger partial charge in [0, 0.05) is 6.04 Å². The molecule has 0 aromatic carbocycles. The van der Waals surface area contributed by atoms with E-state index in [2.05, 4.69) is 25.4 Å². The molecule has 2 atom stereocenters. The smallest absolute Gasteiger partial charge is 0.00104 e. The second kappa shape index (κ2) is 7.56. The Bertz CT molecular complexity index is 159. The van der Waals surface area contributed by atoms with Crippen molar-refractivity contribution in [2.24, 2.45) is 11.8 Å². The molecule has 1 aliphatic rings. The summed E-state index contributed by atoms with van der Waals surface area (Å²) in [7, 11) is 0. The Morgan fingerprint density at radius 2 is 1.87 bits per heavy atom. The molecule has 0 amide bonds. The third-order valence-corrected chi connectivity index (χ3v) is 4.19. The highest BCUT2D eigenvalue weighted by Crippen LogP contribution is 2.32. The molecule has 0 heterocycles. The molecule has 0 spiro atoms. The second-order valence-electron chi connectivity index (χ2n) is 5.15. The first-order chi connectivity index (χ1) is 7.24. The topological polar surface area (TPSA) is 12.0 Å². The first-order valence-electron chi connectivity index (χ1n) is 6.46. The van der Waals surface area contributed by atoms with E-state index in [1.54, 1.807) is 0 Å². The molecule has 0 aromatic heterocycles. The van der Waals surface area contributed by atoms with Crippen molar-refractivity contribution in [3.63, 3.8) is 0 Å². The zero-order chi connectivity index (χ0) is 11.1. The van der Waals surface area contributed by atoms with Gasteiger partial charge in [-0.25, -0.2) is 0 Å². The lowest BCUT2D eigenvalue weighted by Gasteiger charge is -2.32. The fraction of sp³-hybridized carbons (Fsp3) is 1.00. The van der Waals surface area contributed by atoms with E-state index >= 15 is 0 Å². The van der Waals surface area contributed by atoms with Gasteiger partial charge >= 0.3 is 0 Å². The van der Waals surface area contributed by atoms with Gasteiger partial charge in [0.25, 0.3) is 0 Å². The van der Waals surface area contributed by atoms with Crippen LogP contribution >= 0.6 is 11.8 Å². The Morgan fingerprint density at radius 1 is 1.20 bits per heavy atom. The van der Waals surface area contributed by atoms with Crippen molar-refractivity contribution in [3.05, 3.63) is 0 Å². The maximum Gasteiger partial charge on any atom is 0.00104 e. The summed E-state index contributed by atoms with van der Waals surface area (Å²) in [4.78, 5) is 0. The van der Waals surface area contributed by atoms with Crippen LogP contribution in [-0.4, -0.2) is 24.6 Å². The summed E-state index contributed by atoms with van der Waals surface area (Å²) in [6.07, 6.45) is 9.52. The minimum Gasteiger partial charge on any atom is -0.314 e. The van der Waals surface area contributed by atoms with Gasteiger partial charge in [0.15, 0.2) is 0 Å². The van der Waals surface area contributed by atoms with Gasteiger partial charge in [0.1, 0.15) is 0 Å². The lowest BCUT2D eigenvalue weighted by molar-refractivity contribution is 0.221. The summed E-state index contributed by atoms with van der Waals surface area (Å²) in [6, 6.07) is 0.646. The van der Waals surface area contributed by atoms with Gasteiger partial charge in [-0.15, -0.1) is 0 Å². The van der Waals surface area contributed by atoms with E-state index in [1.165, 1.54) is 44.4 Å². The maximum absolute atomic E-state index is 3.61. The molecule has 1 rings (SSSR count). The van der Waals surface area contributed by atoms with Gasteiger partial charge in [-0.3, -0.25) is 0 Å². The minimum absolute atomic E-state index is 0.646. The van der Waals surface area contributed by atoms with Crippen LogP contribution in [0, 0.1) is 11.8 Å². The molecular weight excluding hydrogens is 202 g/mol. The lowest BCUT2D eigenvalue weighted by Crippen LogP contribution is -2.34. The van der Waals surface area contributed by atoms with Crippen molar-refractivity contribution in [3.8, 4) is 0 Å². The molecule has 15 heavy (non-hydrogen) atoms. The summed E-state index contributed by atoms with van der Waals surface area (Å²) in [5.41, 5.74) is 0. The number of hydrogen-bond donors (Lipinski definition) is 1. The highest BCUT2D eigenvalue weighted by molar-refractivity contribution is 7.98. The molecule has 1 N–H and O–H groups in total. The van der Waals surface area contributed by atoms with E-state index in [9.17, 15) is 0 Å². The number of hydrogen-bond acceptors (Lipinski definition) is 2. The summed E-state index contributed by atoms with van der Waals surface area (Å²) < 4.78 is 0. The third-order valence-electron chi connectivity index (χ3n) is 3.55. The van der Waals surface area contributed by atoms with Gasteiger partial charge in [-0.2, -0.15) is 11.8 Å². The number of nitrogens with one attached hydrogen (secondary N) is 1. The summed E-state index contributed by atoms with van der Waals surface area (Å²) >= 11 is 2.00. The Kier molecular flexibility index (Phi) is 6.74. The Labute approximate surface area is 99.8 Å². The van der Waals surface area contributed by atoms with Crippen LogP contribution in [0.2, 0.25) is 0 Å². The maximum atomic E-state index is 3.61. The normalized spacial score (nSPS) is 27.2. The van der Waals surface area contributed by atoms with Crippen molar-refractivity contribution in [1.29, 1.82) is 0 Å². The van der Waals surface area contributed by atoms with Crippen LogP contribution in [0.15, 0.2) is 0 Å². The van der Waals surface area contributed by atoms with Crippen molar-refractivity contribution in [1.82, 2.24) is 5.32 Å². The van der Waals surface area contributed by atoms with Crippen LogP contribution < -0.4 is 5.32 Å². The van der Waals surface area contributed by atoms with Gasteiger partial charge in [0.2, 0.25) is 0 Å². The van der Waals surface area contributed by atoms with Gasteiger partial charge in [-0.1, -0.05) is 33.1 Å². The van der Waals surface area contributed by atoms with Crippen LogP contribution in [0.4, 0.5) is 0 Å². The van der Waals surface area contributed by atoms with Gasteiger partial charge in [-0.05, 0) is 43.2 Å². The number of thioether (sulfide) groups is 1. The molecule has 1 nitrogen and oxygen atoms in total. The Hall–Kier alpha value is 0.310. The van der Waals surface area contributed by atoms with Crippen molar-refractivity contribution >= 4 is 11.8 Å². The zero-order valence-corrected chi connectivity index (χ0v) is 11.4. The molecule has 0 saturated heterocycles. The summed E-state index contributed by atoms with van der Waals surface area (Å²) in [5.74, 6) is 3.30. The summed E-state index contributed by atoms with van der Waals surface area (Å²) in [6.45, 7) is 5.75. The Morgan fingerprint density at radius 3 is 2.47 bits per heavy atom. The molecule has 0 aromatic rings. The largest absolute Gasteiger partial charge is 0.314 e. The molecule has 0 bridgehead atoms. The van der Waals surface area contributed by atoms with Gasteiger partial charge in [0.05, 0.1) is 0 Å². The molecule has 2 heteroatoms. The van der Waals surface area contributed by atoms with E-state index in [-0.39, 0.29) is 0 Å². The molecule has 0 radical (unpaired) electrons. The molecule has 2 unspecified atom stereocenters. The fourth-order valence-corrected chi connectivity index (χ4v) is 3.13. The Balaban J connectivity index is 2.29. The zero-order valence-electron chi connectivity index (χ0n) is 10.6. The van der Waals surface area contributed by atoms with Crippen LogP contribution in [0.25, 0.3) is 0 Å². The van der Waals surface area contributed by atoms with E-state index < -0.39 is 0 Å². The predicted octanol–water partition coefficient (Wildman–Crippen LogP) is 3.54. The molecule has 1 fully saturated rings. The third kappa shape index (κ3) is 5.26. The van der Waals surface area contributed by atoms with Crippen molar-refractivity contribution in [2.75, 3.05) is 18.6 Å². The number of rotatable bonds is 6. The van der Waals surface area contributed by atoms with Gasteiger partial charge < -0.3 is 5.32 Å². The van der Waals surface area contributed by atoms with E-state index in [0.29, 0.717) is 6.04 Å². The van der Waals surface area contributed by atoms with Crippen molar-refractivity contribution in [2.45, 2.75) is 52.0 Å². The molecule has 90 valence electrons. The average molecular weight is 229 g/mol. The average Bonchev–Trinajstić information content (AvgIpc) is 2.24. The first-order valence-corrected chi connectivity index (χ1v) is 7.85. The minimum atomic E-state index is 0.646. The standard InChI is InChI=1S/C13H27NS/c1-11(2)14-10-13-7-5-4-6-12(13)8-9-15-3/h11-14H,4-10H2,1-3H3. The van der Waals surface area contributed by atoms with Crippen LogP contribution in [-0.2, 0) is 0 Å². The highest BCUT2D eigenvalue weighted by Gasteiger charge is 2.24. The quantitative estimate of drug-likeness (QED) is 0.747. The van der Waals surface area contributed by atoms with Crippen LogP contribution in [0.5, 0.6) is 0 Å². The SMILES string of the molecule is CSCCC1CCCCC1CNC(C)C. The second-order valence-corrected chi connectivity index (χ2v) is 6.13.